The molecule has 5 nitrogen and oxygen atoms in total. The van der Waals surface area contributed by atoms with Crippen LogP contribution in [0.4, 0.5) is 34.1 Å². The van der Waals surface area contributed by atoms with E-state index in [-0.39, 0.29) is 0 Å². The molecule has 0 saturated heterocycles. The molecule has 0 saturated carbocycles. The molecule has 0 N–H and O–H groups in total. The number of rotatable bonds is 6. The van der Waals surface area contributed by atoms with Crippen LogP contribution in [0.5, 0.6) is 0 Å². The van der Waals surface area contributed by atoms with Crippen LogP contribution in [-0.4, -0.2) is 13.8 Å². The van der Waals surface area contributed by atoms with Gasteiger partial charge in [0.1, 0.15) is 5.65 Å². The maximum Gasteiger partial charge on any atom is 0.146 e. The van der Waals surface area contributed by atoms with E-state index in [0.717, 1.165) is 56.3 Å². The van der Waals surface area contributed by atoms with Gasteiger partial charge in [0.15, 0.2) is 0 Å². The minimum atomic E-state index is 0.958. The van der Waals surface area contributed by atoms with Crippen molar-refractivity contribution >= 4 is 132 Å². The molecule has 15 aromatic rings. The molecule has 10 aromatic carbocycles. The van der Waals surface area contributed by atoms with Gasteiger partial charge in [0.05, 0.1) is 45.2 Å². The average molecular weight is 840 g/mol. The smallest absolute Gasteiger partial charge is 0.146 e. The molecule has 0 atom stereocenters. The molecule has 5 aromatic heterocycles. The van der Waals surface area contributed by atoms with E-state index < -0.39 is 0 Å². The first-order chi connectivity index (χ1) is 32.8. The van der Waals surface area contributed by atoms with Gasteiger partial charge in [-0.3, -0.25) is 4.40 Å². The fourth-order valence-electron chi connectivity index (χ4n) is 11.5. The van der Waals surface area contributed by atoms with Gasteiger partial charge in [-0.15, -0.1) is 0 Å². The molecule has 0 aliphatic heterocycles. The van der Waals surface area contributed by atoms with Crippen LogP contribution >= 0.6 is 0 Å². The highest BCUT2D eigenvalue weighted by Crippen LogP contribution is 2.53. The maximum absolute atomic E-state index is 5.67. The largest absolute Gasteiger partial charge is 0.308 e. The average Bonchev–Trinajstić information content (AvgIpc) is 4.11. The Labute approximate surface area is 378 Å². The molecule has 5 heteroatoms. The van der Waals surface area contributed by atoms with Gasteiger partial charge in [-0.1, -0.05) is 146 Å². The highest BCUT2D eigenvalue weighted by molar-refractivity contribution is 6.41. The van der Waals surface area contributed by atoms with E-state index in [4.69, 9.17) is 4.98 Å². The Hall–Kier alpha value is -8.93. The molecule has 0 aliphatic rings. The Balaban J connectivity index is 1.16. The minimum absolute atomic E-state index is 0.958. The van der Waals surface area contributed by atoms with Crippen molar-refractivity contribution in [3.05, 3.63) is 225 Å². The van der Waals surface area contributed by atoms with Gasteiger partial charge < -0.3 is 14.2 Å². The summed E-state index contributed by atoms with van der Waals surface area (Å²) in [4.78, 5) is 10.5. The van der Waals surface area contributed by atoms with Crippen molar-refractivity contribution in [3.63, 3.8) is 0 Å². The van der Waals surface area contributed by atoms with Crippen LogP contribution in [0.15, 0.2) is 225 Å². The van der Waals surface area contributed by atoms with E-state index >= 15 is 0 Å². The molecule has 0 amide bonds. The summed E-state index contributed by atoms with van der Waals surface area (Å²) in [7, 11) is 0. The van der Waals surface area contributed by atoms with Crippen molar-refractivity contribution in [2.45, 2.75) is 0 Å². The summed E-state index contributed by atoms with van der Waals surface area (Å²) in [5.74, 6) is 0. The monoisotopic (exact) mass is 839 g/mol. The summed E-state index contributed by atoms with van der Waals surface area (Å²) in [6.45, 7) is 0. The molecule has 0 radical (unpaired) electrons. The predicted molar refractivity (Wildman–Crippen MR) is 278 cm³/mol. The molecular formula is C61H37N5. The highest BCUT2D eigenvalue weighted by Gasteiger charge is 2.30. The van der Waals surface area contributed by atoms with Crippen molar-refractivity contribution in [2.24, 2.45) is 0 Å². The van der Waals surface area contributed by atoms with Crippen molar-refractivity contribution < 1.29 is 0 Å². The normalized spacial score (nSPS) is 12.2. The van der Waals surface area contributed by atoms with Crippen LogP contribution in [0.3, 0.4) is 0 Å². The lowest BCUT2D eigenvalue weighted by molar-refractivity contribution is 1.23. The minimum Gasteiger partial charge on any atom is -0.308 e. The summed E-state index contributed by atoms with van der Waals surface area (Å²) in [5.41, 5.74) is 13.4. The standard InChI is InChI=1S/C61H37N5/c1-5-21-40(22-6-1)63(41-23-7-2-8-24-41)50-33-17-31-46-48-35-38-19-14-16-30-45(38)54-56-52(65(57(46)50)59(48)54)37-62-61-55(56)49-36-39-20-13-15-29-44(39)53-47-32-18-34-51(58(47)66(61)60(49)53)64(42-25-9-3-10-26-42)43-27-11-4-12-28-43/h1-37H. The number of nitrogens with zero attached hydrogens (tertiary/aromatic N) is 5. The van der Waals surface area contributed by atoms with Crippen molar-refractivity contribution in [2.75, 3.05) is 9.80 Å². The lowest BCUT2D eigenvalue weighted by atomic mass is 9.97. The van der Waals surface area contributed by atoms with Crippen LogP contribution in [0.25, 0.3) is 97.9 Å². The number of para-hydroxylation sites is 6. The molecule has 0 fully saturated rings. The number of benzene rings is 10. The van der Waals surface area contributed by atoms with E-state index in [1.54, 1.807) is 0 Å². The zero-order valence-electron chi connectivity index (χ0n) is 35.6. The lowest BCUT2D eigenvalue weighted by Crippen LogP contribution is -2.10. The van der Waals surface area contributed by atoms with Gasteiger partial charge in [-0.2, -0.15) is 0 Å². The SMILES string of the molecule is c1ccc(N(c2ccccc2)c2cccc3c4cc5ccccc5c5c6c7c8cc9ccccc9c9c%10cccc(N(c%11ccccc%11)c%11ccccc%11)c%10n(c7ncc6n(c23)c45)c89)cc1. The quantitative estimate of drug-likeness (QED) is 0.167. The summed E-state index contributed by atoms with van der Waals surface area (Å²) >= 11 is 0. The van der Waals surface area contributed by atoms with Crippen LogP contribution in [0, 0.1) is 0 Å². The van der Waals surface area contributed by atoms with Gasteiger partial charge in [0.2, 0.25) is 0 Å². The van der Waals surface area contributed by atoms with Gasteiger partial charge >= 0.3 is 0 Å². The highest BCUT2D eigenvalue weighted by atomic mass is 15.2. The Morgan fingerprint density at radius 3 is 1.30 bits per heavy atom. The van der Waals surface area contributed by atoms with Crippen molar-refractivity contribution in [1.29, 1.82) is 0 Å². The number of anilines is 6. The van der Waals surface area contributed by atoms with Crippen LogP contribution in [-0.2, 0) is 0 Å². The molecule has 5 heterocycles. The third kappa shape index (κ3) is 4.65. The summed E-state index contributed by atoms with van der Waals surface area (Å²) in [6, 6.07) is 79.2. The van der Waals surface area contributed by atoms with E-state index in [1.807, 2.05) is 0 Å². The Morgan fingerprint density at radius 2 is 0.742 bits per heavy atom. The Kier molecular flexibility index (Phi) is 7.16. The zero-order chi connectivity index (χ0) is 43.0. The second kappa shape index (κ2) is 13.3. The third-order valence-corrected chi connectivity index (χ3v) is 14.1. The fourth-order valence-corrected chi connectivity index (χ4v) is 11.5. The van der Waals surface area contributed by atoms with Crippen LogP contribution in [0.2, 0.25) is 0 Å². The molecule has 15 rings (SSSR count). The lowest BCUT2D eigenvalue weighted by Gasteiger charge is -2.26. The first kappa shape index (κ1) is 35.5. The summed E-state index contributed by atoms with van der Waals surface area (Å²) in [6.07, 6.45) is 2.16. The molecule has 0 spiro atoms. The summed E-state index contributed by atoms with van der Waals surface area (Å²) < 4.78 is 5.02. The number of aromatic nitrogens is 3. The zero-order valence-corrected chi connectivity index (χ0v) is 35.6. The second-order valence-corrected chi connectivity index (χ2v) is 17.5. The molecule has 66 heavy (non-hydrogen) atoms. The van der Waals surface area contributed by atoms with Gasteiger partial charge in [0, 0.05) is 65.8 Å². The molecule has 0 aliphatic carbocycles. The van der Waals surface area contributed by atoms with E-state index in [2.05, 4.69) is 243 Å². The van der Waals surface area contributed by atoms with E-state index in [9.17, 15) is 0 Å². The topological polar surface area (TPSA) is 28.2 Å². The number of fused-ring (bicyclic) bond motifs is 17. The number of hydrogen-bond acceptors (Lipinski definition) is 3. The van der Waals surface area contributed by atoms with Crippen LogP contribution in [0.1, 0.15) is 0 Å². The Bertz CT molecular complexity index is 4310. The van der Waals surface area contributed by atoms with Gasteiger partial charge in [-0.05, 0) is 94.3 Å². The first-order valence-electron chi connectivity index (χ1n) is 22.6. The van der Waals surface area contributed by atoms with Crippen LogP contribution < -0.4 is 9.80 Å². The predicted octanol–water partition coefficient (Wildman–Crippen LogP) is 16.6. The van der Waals surface area contributed by atoms with E-state index in [0.29, 0.717) is 0 Å². The molecule has 306 valence electrons. The fraction of sp³-hybridized carbons (Fsp3) is 0. The van der Waals surface area contributed by atoms with Gasteiger partial charge in [-0.25, -0.2) is 4.98 Å². The van der Waals surface area contributed by atoms with Crippen molar-refractivity contribution in [3.8, 4) is 0 Å². The number of hydrogen-bond donors (Lipinski definition) is 0. The van der Waals surface area contributed by atoms with E-state index in [1.165, 1.54) is 75.7 Å². The summed E-state index contributed by atoms with van der Waals surface area (Å²) in [5, 5.41) is 14.7. The van der Waals surface area contributed by atoms with Gasteiger partial charge in [0.25, 0.3) is 0 Å². The second-order valence-electron chi connectivity index (χ2n) is 17.5. The van der Waals surface area contributed by atoms with Crippen molar-refractivity contribution in [1.82, 2.24) is 13.8 Å². The maximum atomic E-state index is 5.67. The Morgan fingerprint density at radius 1 is 0.303 bits per heavy atom. The molecule has 0 bridgehead atoms. The number of pyridine rings is 1. The third-order valence-electron chi connectivity index (χ3n) is 14.1. The first-order valence-corrected chi connectivity index (χ1v) is 22.6. The molecular weight excluding hydrogens is 803 g/mol. The molecule has 0 unspecified atom stereocenters.